The molecule has 1 atom stereocenters. The van der Waals surface area contributed by atoms with E-state index in [2.05, 4.69) is 0 Å². The molecule has 0 aliphatic carbocycles. The minimum atomic E-state index is -0.254. The highest BCUT2D eigenvalue weighted by atomic mass is 16.5. The van der Waals surface area contributed by atoms with E-state index in [0.29, 0.717) is 6.61 Å². The van der Waals surface area contributed by atoms with Crippen LogP contribution < -0.4 is 0 Å². The number of ether oxygens (including phenoxy) is 1. The molecule has 1 unspecified atom stereocenters. The molecule has 0 aromatic carbocycles. The van der Waals surface area contributed by atoms with Crippen LogP contribution in [-0.4, -0.2) is 18.4 Å². The Morgan fingerprint density at radius 2 is 1.92 bits per heavy atom. The van der Waals surface area contributed by atoms with E-state index < -0.39 is 0 Å². The number of rotatable bonds is 6. The number of Topliss-reactive ketones (excluding diaryl/α,β-unsaturated/α-hetero) is 1. The van der Waals surface area contributed by atoms with Gasteiger partial charge in [0, 0.05) is 12.8 Å². The first-order chi connectivity index (χ1) is 6.07. The zero-order valence-corrected chi connectivity index (χ0v) is 8.63. The molecule has 0 amide bonds. The van der Waals surface area contributed by atoms with Gasteiger partial charge in [-0.05, 0) is 26.2 Å². The van der Waals surface area contributed by atoms with E-state index in [1.54, 1.807) is 6.92 Å². The van der Waals surface area contributed by atoms with E-state index in [1.807, 2.05) is 6.92 Å². The second kappa shape index (κ2) is 6.63. The van der Waals surface area contributed by atoms with E-state index in [1.165, 1.54) is 6.92 Å². The van der Waals surface area contributed by atoms with Gasteiger partial charge in [0.15, 0.2) is 0 Å². The Balaban J connectivity index is 3.50. The van der Waals surface area contributed by atoms with Crippen molar-refractivity contribution in [1.29, 1.82) is 0 Å². The Kier molecular flexibility index (Phi) is 6.20. The summed E-state index contributed by atoms with van der Waals surface area (Å²) in [5.74, 6) is 0.108. The molecule has 0 aliphatic heterocycles. The van der Waals surface area contributed by atoms with Gasteiger partial charge in [-0.15, -0.1) is 0 Å². The molecule has 0 heterocycles. The molecule has 0 fully saturated rings. The second-order valence-electron chi connectivity index (χ2n) is 3.20. The first kappa shape index (κ1) is 12.1. The lowest BCUT2D eigenvalue weighted by Crippen LogP contribution is -2.11. The summed E-state index contributed by atoms with van der Waals surface area (Å²) < 4.78 is 4.77. The molecule has 0 aromatic heterocycles. The standard InChI is InChI=1S/C10H18O3/c1-4-10(8(2)11)6-5-7-13-9(3)12/h10H,4-7H2,1-3H3. The van der Waals surface area contributed by atoms with Crippen molar-refractivity contribution >= 4 is 11.8 Å². The first-order valence-electron chi connectivity index (χ1n) is 4.71. The summed E-state index contributed by atoms with van der Waals surface area (Å²) in [4.78, 5) is 21.4. The molecule has 3 heteroatoms. The van der Waals surface area contributed by atoms with E-state index in [-0.39, 0.29) is 17.7 Å². The molecule has 0 aromatic rings. The molecule has 3 nitrogen and oxygen atoms in total. The maximum Gasteiger partial charge on any atom is 0.302 e. The van der Waals surface area contributed by atoms with Crippen molar-refractivity contribution in [2.75, 3.05) is 6.61 Å². The zero-order valence-electron chi connectivity index (χ0n) is 8.63. The number of hydrogen-bond donors (Lipinski definition) is 0. The monoisotopic (exact) mass is 186 g/mol. The van der Waals surface area contributed by atoms with Crippen LogP contribution in [0, 0.1) is 5.92 Å². The summed E-state index contributed by atoms with van der Waals surface area (Å²) in [6, 6.07) is 0. The molecule has 0 saturated heterocycles. The fraction of sp³-hybridized carbons (Fsp3) is 0.800. The highest BCUT2D eigenvalue weighted by molar-refractivity contribution is 5.78. The molecule has 0 bridgehead atoms. The summed E-state index contributed by atoms with van der Waals surface area (Å²) >= 11 is 0. The summed E-state index contributed by atoms with van der Waals surface area (Å²) in [5.41, 5.74) is 0. The topological polar surface area (TPSA) is 43.4 Å². The average molecular weight is 186 g/mol. The lowest BCUT2D eigenvalue weighted by molar-refractivity contribution is -0.141. The Morgan fingerprint density at radius 3 is 2.31 bits per heavy atom. The van der Waals surface area contributed by atoms with Crippen LogP contribution in [0.1, 0.15) is 40.0 Å². The maximum atomic E-state index is 11.0. The average Bonchev–Trinajstić information content (AvgIpc) is 2.03. The van der Waals surface area contributed by atoms with Crippen molar-refractivity contribution in [3.05, 3.63) is 0 Å². The Labute approximate surface area is 79.5 Å². The Morgan fingerprint density at radius 1 is 1.31 bits per heavy atom. The fourth-order valence-corrected chi connectivity index (χ4v) is 1.24. The Bertz CT molecular complexity index is 175. The van der Waals surface area contributed by atoms with Gasteiger partial charge in [0.05, 0.1) is 6.61 Å². The molecule has 0 radical (unpaired) electrons. The van der Waals surface area contributed by atoms with Gasteiger partial charge in [0.1, 0.15) is 5.78 Å². The molecule has 0 aliphatic rings. The van der Waals surface area contributed by atoms with Crippen molar-refractivity contribution in [1.82, 2.24) is 0 Å². The number of ketones is 1. The van der Waals surface area contributed by atoms with Gasteiger partial charge in [-0.3, -0.25) is 9.59 Å². The van der Waals surface area contributed by atoms with E-state index in [0.717, 1.165) is 19.3 Å². The van der Waals surface area contributed by atoms with Gasteiger partial charge in [-0.1, -0.05) is 6.92 Å². The third-order valence-corrected chi connectivity index (χ3v) is 2.07. The smallest absolute Gasteiger partial charge is 0.302 e. The van der Waals surface area contributed by atoms with Gasteiger partial charge in [-0.2, -0.15) is 0 Å². The molecule has 13 heavy (non-hydrogen) atoms. The molecule has 0 spiro atoms. The third kappa shape index (κ3) is 6.31. The van der Waals surface area contributed by atoms with E-state index in [4.69, 9.17) is 4.74 Å². The summed E-state index contributed by atoms with van der Waals surface area (Å²) in [5, 5.41) is 0. The van der Waals surface area contributed by atoms with Gasteiger partial charge in [0.2, 0.25) is 0 Å². The van der Waals surface area contributed by atoms with Crippen LogP contribution in [0.15, 0.2) is 0 Å². The van der Waals surface area contributed by atoms with Gasteiger partial charge in [0.25, 0.3) is 0 Å². The number of carbonyl (C=O) groups is 2. The predicted molar refractivity (Wildman–Crippen MR) is 50.3 cm³/mol. The van der Waals surface area contributed by atoms with Gasteiger partial charge in [-0.25, -0.2) is 0 Å². The predicted octanol–water partition coefficient (Wildman–Crippen LogP) is 1.94. The van der Waals surface area contributed by atoms with Crippen LogP contribution in [0.25, 0.3) is 0 Å². The molecule has 76 valence electrons. The van der Waals surface area contributed by atoms with Gasteiger partial charge < -0.3 is 4.74 Å². The summed E-state index contributed by atoms with van der Waals surface area (Å²) in [6.45, 7) is 5.43. The lowest BCUT2D eigenvalue weighted by atomic mass is 9.97. The number of esters is 1. The minimum Gasteiger partial charge on any atom is -0.466 e. The minimum absolute atomic E-state index is 0.135. The van der Waals surface area contributed by atoms with Crippen molar-refractivity contribution in [3.8, 4) is 0 Å². The fourth-order valence-electron chi connectivity index (χ4n) is 1.24. The second-order valence-corrected chi connectivity index (χ2v) is 3.20. The normalized spacial score (nSPS) is 12.2. The highest BCUT2D eigenvalue weighted by Crippen LogP contribution is 2.11. The van der Waals surface area contributed by atoms with E-state index >= 15 is 0 Å². The number of carbonyl (C=O) groups excluding carboxylic acids is 2. The van der Waals surface area contributed by atoms with Crippen LogP contribution in [-0.2, 0) is 14.3 Å². The van der Waals surface area contributed by atoms with Crippen LogP contribution in [0.4, 0.5) is 0 Å². The highest BCUT2D eigenvalue weighted by Gasteiger charge is 2.10. The van der Waals surface area contributed by atoms with E-state index in [9.17, 15) is 9.59 Å². The Hall–Kier alpha value is -0.860. The maximum absolute atomic E-state index is 11.0. The van der Waals surface area contributed by atoms with Crippen LogP contribution in [0.3, 0.4) is 0 Å². The number of hydrogen-bond acceptors (Lipinski definition) is 3. The quantitative estimate of drug-likeness (QED) is 0.470. The zero-order chi connectivity index (χ0) is 10.3. The van der Waals surface area contributed by atoms with Crippen LogP contribution in [0.5, 0.6) is 0 Å². The summed E-state index contributed by atoms with van der Waals surface area (Å²) in [7, 11) is 0. The first-order valence-corrected chi connectivity index (χ1v) is 4.71. The molecule has 0 rings (SSSR count). The SMILES string of the molecule is CCC(CCCOC(C)=O)C(C)=O. The molecule has 0 N–H and O–H groups in total. The van der Waals surface area contributed by atoms with Crippen LogP contribution in [0.2, 0.25) is 0 Å². The molecular formula is C10H18O3. The largest absolute Gasteiger partial charge is 0.466 e. The van der Waals surface area contributed by atoms with Crippen molar-refractivity contribution in [2.45, 2.75) is 40.0 Å². The van der Waals surface area contributed by atoms with Crippen molar-refractivity contribution < 1.29 is 14.3 Å². The van der Waals surface area contributed by atoms with Gasteiger partial charge >= 0.3 is 5.97 Å². The van der Waals surface area contributed by atoms with Crippen LogP contribution >= 0.6 is 0 Å². The van der Waals surface area contributed by atoms with Crippen molar-refractivity contribution in [3.63, 3.8) is 0 Å². The summed E-state index contributed by atoms with van der Waals surface area (Å²) in [6.07, 6.45) is 2.46. The lowest BCUT2D eigenvalue weighted by Gasteiger charge is -2.10. The molecule has 0 saturated carbocycles. The third-order valence-electron chi connectivity index (χ3n) is 2.07. The molecular weight excluding hydrogens is 168 g/mol. The van der Waals surface area contributed by atoms with Crippen molar-refractivity contribution in [2.24, 2.45) is 5.92 Å².